The first-order valence-corrected chi connectivity index (χ1v) is 8.52. The van der Waals surface area contributed by atoms with Crippen LogP contribution in [0, 0.1) is 10.1 Å². The lowest BCUT2D eigenvalue weighted by molar-refractivity contribution is -0.384. The minimum absolute atomic E-state index is 0.0276. The van der Waals surface area contributed by atoms with Gasteiger partial charge in [0.15, 0.2) is 0 Å². The van der Waals surface area contributed by atoms with E-state index in [1.54, 1.807) is 18.4 Å². The molecule has 0 saturated carbocycles. The third-order valence-corrected chi connectivity index (χ3v) is 4.12. The molecule has 1 atom stereocenters. The van der Waals surface area contributed by atoms with Gasteiger partial charge in [-0.25, -0.2) is 0 Å². The van der Waals surface area contributed by atoms with Crippen LogP contribution >= 0.6 is 11.8 Å². The maximum atomic E-state index is 12.6. The van der Waals surface area contributed by atoms with Gasteiger partial charge in [0, 0.05) is 23.6 Å². The smallest absolute Gasteiger partial charge is 0.265 e. The van der Waals surface area contributed by atoms with Crippen molar-refractivity contribution in [3.8, 4) is 0 Å². The fourth-order valence-electron chi connectivity index (χ4n) is 1.95. The number of benzene rings is 1. The van der Waals surface area contributed by atoms with Gasteiger partial charge in [-0.05, 0) is 12.7 Å². The molecule has 0 aliphatic carbocycles. The molecule has 0 aliphatic heterocycles. The summed E-state index contributed by atoms with van der Waals surface area (Å²) >= 11 is 1.25. The first-order chi connectivity index (χ1) is 11.5. The Morgan fingerprint density at radius 1 is 1.46 bits per heavy atom. The van der Waals surface area contributed by atoms with E-state index in [2.05, 4.69) is 15.3 Å². The van der Waals surface area contributed by atoms with Gasteiger partial charge in [0.05, 0.1) is 11.1 Å². The number of nitrogens with zero attached hydrogens (tertiary/aromatic N) is 5. The first kappa shape index (κ1) is 17.8. The molecule has 0 amide bonds. The lowest BCUT2D eigenvalue weighted by Gasteiger charge is -2.09. The molecule has 1 unspecified atom stereocenters. The summed E-state index contributed by atoms with van der Waals surface area (Å²) in [5.41, 5.74) is 0.506. The molecule has 9 heteroatoms. The summed E-state index contributed by atoms with van der Waals surface area (Å²) in [5, 5.41) is 23.4. The second-order valence-corrected chi connectivity index (χ2v) is 5.87. The van der Waals surface area contributed by atoms with Crippen molar-refractivity contribution in [1.29, 1.82) is 0 Å². The van der Waals surface area contributed by atoms with E-state index in [-0.39, 0.29) is 17.2 Å². The molecule has 0 N–H and O–H groups in total. The quantitative estimate of drug-likeness (QED) is 0.344. The Morgan fingerprint density at radius 2 is 2.21 bits per heavy atom. The number of aromatic nitrogens is 3. The van der Waals surface area contributed by atoms with E-state index in [1.807, 2.05) is 13.8 Å². The minimum atomic E-state index is -0.480. The molecule has 126 valence electrons. The van der Waals surface area contributed by atoms with E-state index in [9.17, 15) is 14.9 Å². The largest absolute Gasteiger partial charge is 0.297 e. The van der Waals surface area contributed by atoms with Gasteiger partial charge < -0.3 is 0 Å². The predicted molar refractivity (Wildman–Crippen MR) is 92.9 cm³/mol. The molecule has 1 aromatic heterocycles. The molecular weight excluding hydrogens is 330 g/mol. The Morgan fingerprint density at radius 3 is 2.83 bits per heavy atom. The molecule has 8 nitrogen and oxygen atoms in total. The molecule has 24 heavy (non-hydrogen) atoms. The summed E-state index contributed by atoms with van der Waals surface area (Å²) in [6.07, 6.45) is 3.93. The molecule has 1 aromatic carbocycles. The van der Waals surface area contributed by atoms with Gasteiger partial charge in [-0.1, -0.05) is 37.7 Å². The first-order valence-electron chi connectivity index (χ1n) is 7.30. The van der Waals surface area contributed by atoms with Gasteiger partial charge in [-0.15, -0.1) is 10.2 Å². The zero-order valence-corrected chi connectivity index (χ0v) is 14.4. The van der Waals surface area contributed by atoms with Gasteiger partial charge in [0.2, 0.25) is 5.16 Å². The lowest BCUT2D eigenvalue weighted by Crippen LogP contribution is -2.27. The highest BCUT2D eigenvalue weighted by atomic mass is 32.2. The van der Waals surface area contributed by atoms with Crippen molar-refractivity contribution in [3.63, 3.8) is 0 Å². The van der Waals surface area contributed by atoms with E-state index in [4.69, 9.17) is 0 Å². The fraction of sp³-hybridized carbons (Fsp3) is 0.333. The summed E-state index contributed by atoms with van der Waals surface area (Å²) in [5.74, 6) is -0.0276. The van der Waals surface area contributed by atoms with Crippen molar-refractivity contribution in [2.24, 2.45) is 5.10 Å². The normalized spacial score (nSPS) is 12.5. The van der Waals surface area contributed by atoms with Gasteiger partial charge in [-0.2, -0.15) is 9.78 Å². The van der Waals surface area contributed by atoms with Crippen LogP contribution in [0.2, 0.25) is 0 Å². The zero-order valence-electron chi connectivity index (χ0n) is 13.5. The van der Waals surface area contributed by atoms with Gasteiger partial charge >= 0.3 is 0 Å². The van der Waals surface area contributed by atoms with Crippen LogP contribution in [0.4, 0.5) is 5.69 Å². The maximum absolute atomic E-state index is 12.6. The van der Waals surface area contributed by atoms with Crippen LogP contribution in [-0.2, 0) is 0 Å². The summed E-state index contributed by atoms with van der Waals surface area (Å²) in [4.78, 5) is 22.9. The van der Waals surface area contributed by atoms with Crippen molar-refractivity contribution in [2.75, 3.05) is 6.26 Å². The summed E-state index contributed by atoms with van der Waals surface area (Å²) < 4.78 is 1.18. The van der Waals surface area contributed by atoms with E-state index < -0.39 is 4.92 Å². The van der Waals surface area contributed by atoms with Crippen molar-refractivity contribution >= 4 is 23.7 Å². The molecule has 2 aromatic rings. The van der Waals surface area contributed by atoms with Crippen LogP contribution in [0.15, 0.2) is 39.3 Å². The van der Waals surface area contributed by atoms with Crippen molar-refractivity contribution in [1.82, 2.24) is 14.9 Å². The number of non-ortho nitro benzene ring substituents is 1. The number of nitro benzene ring substituents is 1. The highest BCUT2D eigenvalue weighted by Crippen LogP contribution is 2.15. The average Bonchev–Trinajstić information content (AvgIpc) is 2.59. The fourth-order valence-corrected chi connectivity index (χ4v) is 2.38. The third kappa shape index (κ3) is 3.85. The Balaban J connectivity index is 2.46. The van der Waals surface area contributed by atoms with E-state index in [0.29, 0.717) is 16.4 Å². The average molecular weight is 347 g/mol. The van der Waals surface area contributed by atoms with Crippen molar-refractivity contribution in [3.05, 3.63) is 56.0 Å². The molecule has 0 radical (unpaired) electrons. The highest BCUT2D eigenvalue weighted by molar-refractivity contribution is 7.98. The topological polar surface area (TPSA) is 103 Å². The van der Waals surface area contributed by atoms with E-state index >= 15 is 0 Å². The number of hydrogen-bond acceptors (Lipinski definition) is 7. The SMILES string of the molecule is CCC(C)c1nnc(SC)n(N=Cc2cccc([N+](=O)[O-])c2)c1=O. The Kier molecular flexibility index (Phi) is 5.80. The van der Waals surface area contributed by atoms with Crippen LogP contribution in [0.3, 0.4) is 0 Å². The monoisotopic (exact) mass is 347 g/mol. The summed E-state index contributed by atoms with van der Waals surface area (Å²) in [6.45, 7) is 3.86. The zero-order chi connectivity index (χ0) is 17.7. The molecule has 2 rings (SSSR count). The van der Waals surface area contributed by atoms with Crippen molar-refractivity contribution < 1.29 is 4.92 Å². The molecule has 0 spiro atoms. The summed E-state index contributed by atoms with van der Waals surface area (Å²) in [6, 6.07) is 6.01. The molecule has 0 fully saturated rings. The van der Waals surface area contributed by atoms with Crippen LogP contribution in [-0.4, -0.2) is 32.3 Å². The standard InChI is InChI=1S/C15H17N5O3S/c1-4-10(2)13-14(21)19(15(24-3)18-17-13)16-9-11-6-5-7-12(8-11)20(22)23/h5-10H,4H2,1-3H3. The highest BCUT2D eigenvalue weighted by Gasteiger charge is 2.15. The molecular formula is C15H17N5O3S. The van der Waals surface area contributed by atoms with Crippen LogP contribution in [0.5, 0.6) is 0 Å². The van der Waals surface area contributed by atoms with Gasteiger partial charge in [-0.3, -0.25) is 14.9 Å². The second-order valence-electron chi connectivity index (χ2n) is 5.09. The van der Waals surface area contributed by atoms with E-state index in [0.717, 1.165) is 6.42 Å². The molecule has 1 heterocycles. The summed E-state index contributed by atoms with van der Waals surface area (Å²) in [7, 11) is 0. The Labute approximate surface area is 142 Å². The van der Waals surface area contributed by atoms with Gasteiger partial charge in [0.25, 0.3) is 11.2 Å². The Bertz CT molecular complexity index is 834. The van der Waals surface area contributed by atoms with E-state index in [1.165, 1.54) is 34.8 Å². The van der Waals surface area contributed by atoms with Crippen LogP contribution < -0.4 is 5.56 Å². The Hall–Kier alpha value is -2.55. The van der Waals surface area contributed by atoms with Crippen LogP contribution in [0.1, 0.15) is 37.4 Å². The number of hydrogen-bond donors (Lipinski definition) is 0. The van der Waals surface area contributed by atoms with Gasteiger partial charge in [0.1, 0.15) is 5.69 Å². The third-order valence-electron chi connectivity index (χ3n) is 3.50. The molecule has 0 aliphatic rings. The van der Waals surface area contributed by atoms with Crippen molar-refractivity contribution in [2.45, 2.75) is 31.3 Å². The molecule has 0 saturated heterocycles. The predicted octanol–water partition coefficient (Wildman–Crippen LogP) is 2.66. The number of thioether (sulfide) groups is 1. The maximum Gasteiger partial charge on any atom is 0.297 e. The number of nitro groups is 1. The molecule has 0 bridgehead atoms. The van der Waals surface area contributed by atoms with Crippen LogP contribution in [0.25, 0.3) is 0 Å². The second kappa shape index (κ2) is 7.82. The number of rotatable bonds is 6. The lowest BCUT2D eigenvalue weighted by atomic mass is 10.1. The minimum Gasteiger partial charge on any atom is -0.265 e.